The molecule has 1 atom stereocenters. The number of rotatable bonds is 3. The number of anilines is 2. The maximum absolute atomic E-state index is 11.9. The van der Waals surface area contributed by atoms with E-state index in [9.17, 15) is 4.79 Å². The van der Waals surface area contributed by atoms with Crippen LogP contribution in [0.2, 0.25) is 5.15 Å². The average Bonchev–Trinajstić information content (AvgIpc) is 2.82. The Morgan fingerprint density at radius 1 is 1.29 bits per heavy atom. The van der Waals surface area contributed by atoms with E-state index in [0.717, 1.165) is 37.6 Å². The van der Waals surface area contributed by atoms with Crippen LogP contribution in [0.4, 0.5) is 16.3 Å². The summed E-state index contributed by atoms with van der Waals surface area (Å²) >= 11 is 6.19. The van der Waals surface area contributed by atoms with Crippen molar-refractivity contribution in [2.75, 3.05) is 36.0 Å². The van der Waals surface area contributed by atoms with Crippen molar-refractivity contribution in [3.05, 3.63) is 17.3 Å². The molecule has 6 nitrogen and oxygen atoms in total. The largest absolute Gasteiger partial charge is 0.444 e. The van der Waals surface area contributed by atoms with Gasteiger partial charge in [0.2, 0.25) is 0 Å². The van der Waals surface area contributed by atoms with Crippen molar-refractivity contribution in [3.8, 4) is 0 Å². The predicted molar refractivity (Wildman–Crippen MR) is 96.1 cm³/mol. The summed E-state index contributed by atoms with van der Waals surface area (Å²) in [6.07, 6.45) is 1.72. The lowest BCUT2D eigenvalue weighted by Crippen LogP contribution is -2.40. The number of nitrogens with one attached hydrogen (secondary N) is 1. The molecule has 1 aromatic heterocycles. The summed E-state index contributed by atoms with van der Waals surface area (Å²) < 4.78 is 5.32. The third-order valence-electron chi connectivity index (χ3n) is 4.22. The number of hydrogen-bond donors (Lipinski definition) is 1. The second-order valence-corrected chi connectivity index (χ2v) is 7.81. The molecule has 0 spiro atoms. The molecule has 0 bridgehead atoms. The Bertz CT molecular complexity index is 613. The third-order valence-corrected chi connectivity index (χ3v) is 4.41. The first-order chi connectivity index (χ1) is 11.3. The maximum Gasteiger partial charge on any atom is 0.407 e. The minimum Gasteiger partial charge on any atom is -0.444 e. The Hall–Kier alpha value is -1.69. The van der Waals surface area contributed by atoms with Crippen molar-refractivity contribution in [2.24, 2.45) is 0 Å². The highest BCUT2D eigenvalue weighted by atomic mass is 35.5. The minimum atomic E-state index is -0.483. The number of halogens is 1. The summed E-state index contributed by atoms with van der Waals surface area (Å²) in [7, 11) is 0. The van der Waals surface area contributed by atoms with E-state index in [0.29, 0.717) is 11.7 Å². The van der Waals surface area contributed by atoms with E-state index in [4.69, 9.17) is 16.3 Å². The number of carbonyl (C=O) groups is 1. The number of pyridine rings is 1. The summed E-state index contributed by atoms with van der Waals surface area (Å²) in [5, 5.41) is 3.45. The number of carbonyl (C=O) groups excluding carboxylic acids is 1. The summed E-state index contributed by atoms with van der Waals surface area (Å²) in [4.78, 5) is 20.8. The second-order valence-electron chi connectivity index (χ2n) is 7.42. The van der Waals surface area contributed by atoms with Gasteiger partial charge >= 0.3 is 6.09 Å². The normalized spacial score (nSPS) is 20.8. The van der Waals surface area contributed by atoms with E-state index < -0.39 is 5.60 Å². The average molecular weight is 353 g/mol. The standard InChI is InChI=1S/C17H25ClN4O2/c1-17(2,3)24-16(23)19-12-5-8-22(11-12)15-10-13(9-14(18)20-15)21-6-4-7-21/h9-10,12H,4-8,11H2,1-3H3,(H,19,23). The molecule has 2 saturated heterocycles. The Labute approximate surface area is 148 Å². The smallest absolute Gasteiger partial charge is 0.407 e. The highest BCUT2D eigenvalue weighted by Gasteiger charge is 2.27. The molecule has 0 radical (unpaired) electrons. The molecule has 1 unspecified atom stereocenters. The fourth-order valence-corrected chi connectivity index (χ4v) is 3.15. The van der Waals surface area contributed by atoms with Crippen molar-refractivity contribution in [1.82, 2.24) is 10.3 Å². The van der Waals surface area contributed by atoms with Crippen LogP contribution in [0.1, 0.15) is 33.6 Å². The molecule has 0 aliphatic carbocycles. The zero-order valence-electron chi connectivity index (χ0n) is 14.5. The molecule has 7 heteroatoms. The Kier molecular flexibility index (Phi) is 4.76. The first-order valence-electron chi connectivity index (χ1n) is 8.47. The third kappa shape index (κ3) is 4.23. The minimum absolute atomic E-state index is 0.0630. The van der Waals surface area contributed by atoms with Crippen LogP contribution in [-0.4, -0.2) is 48.9 Å². The Balaban J connectivity index is 1.61. The Morgan fingerprint density at radius 3 is 2.67 bits per heavy atom. The summed E-state index contributed by atoms with van der Waals surface area (Å²) in [6, 6.07) is 4.06. The summed E-state index contributed by atoms with van der Waals surface area (Å²) in [5.74, 6) is 0.873. The predicted octanol–water partition coefficient (Wildman–Crippen LogP) is 3.05. The topological polar surface area (TPSA) is 57.7 Å². The van der Waals surface area contributed by atoms with Gasteiger partial charge < -0.3 is 19.9 Å². The van der Waals surface area contributed by atoms with Crippen LogP contribution in [0.5, 0.6) is 0 Å². The van der Waals surface area contributed by atoms with Gasteiger partial charge in [0.05, 0.1) is 6.04 Å². The van der Waals surface area contributed by atoms with Gasteiger partial charge in [-0.15, -0.1) is 0 Å². The molecule has 2 aliphatic rings. The fourth-order valence-electron chi connectivity index (χ4n) is 2.95. The summed E-state index contributed by atoms with van der Waals surface area (Å²) in [6.45, 7) is 9.28. The molecule has 2 aliphatic heterocycles. The fraction of sp³-hybridized carbons (Fsp3) is 0.647. The molecule has 1 N–H and O–H groups in total. The zero-order chi connectivity index (χ0) is 17.3. The summed E-state index contributed by atoms with van der Waals surface area (Å²) in [5.41, 5.74) is 0.642. The van der Waals surface area contributed by atoms with Crippen LogP contribution in [0.15, 0.2) is 12.1 Å². The number of ether oxygens (including phenoxy) is 1. The van der Waals surface area contributed by atoms with Crippen LogP contribution in [-0.2, 0) is 4.74 Å². The molecule has 2 fully saturated rings. The van der Waals surface area contributed by atoms with Crippen LogP contribution in [0.3, 0.4) is 0 Å². The molecule has 1 aromatic rings. The van der Waals surface area contributed by atoms with Crippen molar-refractivity contribution in [1.29, 1.82) is 0 Å². The molecule has 24 heavy (non-hydrogen) atoms. The highest BCUT2D eigenvalue weighted by molar-refractivity contribution is 6.29. The number of nitrogens with zero attached hydrogens (tertiary/aromatic N) is 3. The van der Waals surface area contributed by atoms with Gasteiger partial charge in [0.1, 0.15) is 16.6 Å². The monoisotopic (exact) mass is 352 g/mol. The quantitative estimate of drug-likeness (QED) is 0.847. The Morgan fingerprint density at radius 2 is 2.04 bits per heavy atom. The number of amides is 1. The molecular weight excluding hydrogens is 328 g/mol. The zero-order valence-corrected chi connectivity index (χ0v) is 15.3. The molecular formula is C17H25ClN4O2. The van der Waals surface area contributed by atoms with Crippen molar-refractivity contribution in [3.63, 3.8) is 0 Å². The van der Waals surface area contributed by atoms with Crippen LogP contribution in [0, 0.1) is 0 Å². The highest BCUT2D eigenvalue weighted by Crippen LogP contribution is 2.29. The van der Waals surface area contributed by atoms with Gasteiger partial charge in [0, 0.05) is 37.9 Å². The van der Waals surface area contributed by atoms with E-state index in [1.54, 1.807) is 0 Å². The first-order valence-corrected chi connectivity index (χ1v) is 8.85. The van der Waals surface area contributed by atoms with Crippen LogP contribution >= 0.6 is 11.6 Å². The molecule has 0 aromatic carbocycles. The van der Waals surface area contributed by atoms with Gasteiger partial charge in [-0.25, -0.2) is 9.78 Å². The molecule has 0 saturated carbocycles. The van der Waals surface area contributed by atoms with Gasteiger partial charge in [-0.1, -0.05) is 11.6 Å². The lowest BCUT2D eigenvalue weighted by Gasteiger charge is -2.34. The van der Waals surface area contributed by atoms with E-state index >= 15 is 0 Å². The SMILES string of the molecule is CC(C)(C)OC(=O)NC1CCN(c2cc(N3CCC3)cc(Cl)n2)C1. The molecule has 132 valence electrons. The van der Waals surface area contributed by atoms with Crippen LogP contribution in [0.25, 0.3) is 0 Å². The van der Waals surface area contributed by atoms with Gasteiger partial charge in [0.25, 0.3) is 0 Å². The van der Waals surface area contributed by atoms with Crippen molar-refractivity contribution in [2.45, 2.75) is 45.3 Å². The van der Waals surface area contributed by atoms with E-state index in [1.165, 1.54) is 6.42 Å². The number of aromatic nitrogens is 1. The maximum atomic E-state index is 11.9. The van der Waals surface area contributed by atoms with Crippen LogP contribution < -0.4 is 15.1 Å². The van der Waals surface area contributed by atoms with Gasteiger partial charge in [-0.3, -0.25) is 0 Å². The van der Waals surface area contributed by atoms with Crippen molar-refractivity contribution >= 4 is 29.2 Å². The van der Waals surface area contributed by atoms with E-state index in [-0.39, 0.29) is 12.1 Å². The van der Waals surface area contributed by atoms with Gasteiger partial charge in [-0.2, -0.15) is 0 Å². The van der Waals surface area contributed by atoms with Gasteiger partial charge in [0.15, 0.2) is 0 Å². The number of alkyl carbamates (subject to hydrolysis) is 1. The van der Waals surface area contributed by atoms with E-state index in [1.807, 2.05) is 26.8 Å². The lowest BCUT2D eigenvalue weighted by atomic mass is 10.2. The van der Waals surface area contributed by atoms with Crippen molar-refractivity contribution < 1.29 is 9.53 Å². The molecule has 3 rings (SSSR count). The lowest BCUT2D eigenvalue weighted by molar-refractivity contribution is 0.0509. The molecule has 3 heterocycles. The number of hydrogen-bond acceptors (Lipinski definition) is 5. The molecule has 1 amide bonds. The first kappa shape index (κ1) is 17.1. The van der Waals surface area contributed by atoms with E-state index in [2.05, 4.69) is 26.2 Å². The van der Waals surface area contributed by atoms with Gasteiger partial charge in [-0.05, 0) is 39.7 Å². The second kappa shape index (κ2) is 6.67.